The maximum atomic E-state index is 12.0. The van der Waals surface area contributed by atoms with Gasteiger partial charge in [0.2, 0.25) is 0 Å². The SMILES string of the molecule is COc1ccc(C)cc1CCNC(=O)C(O)c1ccccc1. The minimum atomic E-state index is -1.14. The normalized spacial score (nSPS) is 11.8. The summed E-state index contributed by atoms with van der Waals surface area (Å²) in [6.07, 6.45) is -0.487. The molecule has 1 unspecified atom stereocenters. The van der Waals surface area contributed by atoms with Crippen molar-refractivity contribution in [1.82, 2.24) is 5.32 Å². The van der Waals surface area contributed by atoms with Crippen LogP contribution in [0.5, 0.6) is 5.75 Å². The van der Waals surface area contributed by atoms with E-state index in [4.69, 9.17) is 4.74 Å². The highest BCUT2D eigenvalue weighted by Crippen LogP contribution is 2.20. The monoisotopic (exact) mass is 299 g/mol. The van der Waals surface area contributed by atoms with Crippen LogP contribution in [0.3, 0.4) is 0 Å². The molecule has 4 nitrogen and oxygen atoms in total. The lowest BCUT2D eigenvalue weighted by Crippen LogP contribution is -2.31. The molecule has 0 fully saturated rings. The molecule has 2 aromatic carbocycles. The van der Waals surface area contributed by atoms with Crippen LogP contribution in [0.2, 0.25) is 0 Å². The van der Waals surface area contributed by atoms with Gasteiger partial charge in [-0.3, -0.25) is 4.79 Å². The molecule has 0 saturated carbocycles. The van der Waals surface area contributed by atoms with Crippen molar-refractivity contribution in [1.29, 1.82) is 0 Å². The third-order valence-corrected chi connectivity index (χ3v) is 3.49. The lowest BCUT2D eigenvalue weighted by atomic mass is 10.1. The molecule has 1 atom stereocenters. The average molecular weight is 299 g/mol. The van der Waals surface area contributed by atoms with Crippen molar-refractivity contribution in [3.63, 3.8) is 0 Å². The van der Waals surface area contributed by atoms with Crippen molar-refractivity contribution in [2.75, 3.05) is 13.7 Å². The van der Waals surface area contributed by atoms with E-state index in [9.17, 15) is 9.90 Å². The quantitative estimate of drug-likeness (QED) is 0.861. The van der Waals surface area contributed by atoms with Gasteiger partial charge in [0.15, 0.2) is 6.10 Å². The standard InChI is InChI=1S/C18H21NO3/c1-13-8-9-16(22-2)15(12-13)10-11-19-18(21)17(20)14-6-4-3-5-7-14/h3-9,12,17,20H,10-11H2,1-2H3,(H,19,21). The van der Waals surface area contributed by atoms with Crippen LogP contribution >= 0.6 is 0 Å². The number of aliphatic hydroxyl groups excluding tert-OH is 1. The topological polar surface area (TPSA) is 58.6 Å². The fraction of sp³-hybridized carbons (Fsp3) is 0.278. The molecule has 2 aromatic rings. The zero-order valence-electron chi connectivity index (χ0n) is 12.9. The van der Waals surface area contributed by atoms with E-state index in [0.717, 1.165) is 16.9 Å². The van der Waals surface area contributed by atoms with E-state index in [-0.39, 0.29) is 0 Å². The van der Waals surface area contributed by atoms with Crippen molar-refractivity contribution in [2.24, 2.45) is 0 Å². The smallest absolute Gasteiger partial charge is 0.253 e. The van der Waals surface area contributed by atoms with Crippen LogP contribution in [0.15, 0.2) is 48.5 Å². The van der Waals surface area contributed by atoms with E-state index < -0.39 is 12.0 Å². The van der Waals surface area contributed by atoms with Crippen molar-refractivity contribution in [3.05, 3.63) is 65.2 Å². The molecule has 0 heterocycles. The zero-order chi connectivity index (χ0) is 15.9. The summed E-state index contributed by atoms with van der Waals surface area (Å²) in [5, 5.41) is 12.8. The summed E-state index contributed by atoms with van der Waals surface area (Å²) >= 11 is 0. The first-order valence-corrected chi connectivity index (χ1v) is 7.26. The predicted molar refractivity (Wildman–Crippen MR) is 85.8 cm³/mol. The lowest BCUT2D eigenvalue weighted by molar-refractivity contribution is -0.129. The molecule has 22 heavy (non-hydrogen) atoms. The zero-order valence-corrected chi connectivity index (χ0v) is 12.9. The molecule has 116 valence electrons. The Bertz CT molecular complexity index is 625. The number of hydrogen-bond donors (Lipinski definition) is 2. The Morgan fingerprint density at radius 3 is 2.64 bits per heavy atom. The number of hydrogen-bond acceptors (Lipinski definition) is 3. The first-order chi connectivity index (χ1) is 10.6. The molecule has 0 aromatic heterocycles. The van der Waals surface area contributed by atoms with Gasteiger partial charge < -0.3 is 15.2 Å². The molecule has 2 rings (SSSR count). The first kappa shape index (κ1) is 16.0. The van der Waals surface area contributed by atoms with Gasteiger partial charge in [-0.2, -0.15) is 0 Å². The summed E-state index contributed by atoms with van der Waals surface area (Å²) < 4.78 is 5.31. The number of benzene rings is 2. The predicted octanol–water partition coefficient (Wildman–Crippen LogP) is 2.40. The fourth-order valence-electron chi connectivity index (χ4n) is 2.31. The number of carbonyl (C=O) groups is 1. The molecule has 0 aliphatic carbocycles. The Morgan fingerprint density at radius 1 is 1.23 bits per heavy atom. The number of amides is 1. The van der Waals surface area contributed by atoms with Crippen LogP contribution in [0.1, 0.15) is 22.8 Å². The van der Waals surface area contributed by atoms with Gasteiger partial charge in [-0.1, -0.05) is 48.0 Å². The highest BCUT2D eigenvalue weighted by Gasteiger charge is 2.16. The summed E-state index contributed by atoms with van der Waals surface area (Å²) in [6.45, 7) is 2.46. The number of rotatable bonds is 6. The van der Waals surface area contributed by atoms with Gasteiger partial charge in [-0.25, -0.2) is 0 Å². The molecular formula is C18H21NO3. The molecule has 0 spiro atoms. The van der Waals surface area contributed by atoms with Crippen LogP contribution < -0.4 is 10.1 Å². The van der Waals surface area contributed by atoms with Crippen LogP contribution in [0.25, 0.3) is 0 Å². The number of aliphatic hydroxyl groups is 1. The largest absolute Gasteiger partial charge is 0.496 e. The molecular weight excluding hydrogens is 278 g/mol. The molecule has 2 N–H and O–H groups in total. The van der Waals surface area contributed by atoms with Crippen LogP contribution in [-0.4, -0.2) is 24.7 Å². The van der Waals surface area contributed by atoms with Gasteiger partial charge >= 0.3 is 0 Å². The molecule has 0 aliphatic heterocycles. The van der Waals surface area contributed by atoms with Gasteiger partial charge in [0.25, 0.3) is 5.91 Å². The second kappa shape index (κ2) is 7.61. The summed E-state index contributed by atoms with van der Waals surface area (Å²) in [6, 6.07) is 14.8. The summed E-state index contributed by atoms with van der Waals surface area (Å²) in [5.74, 6) is 0.418. The molecule has 0 aliphatic rings. The van der Waals surface area contributed by atoms with Gasteiger partial charge in [0, 0.05) is 6.54 Å². The van der Waals surface area contributed by atoms with Gasteiger partial charge in [-0.05, 0) is 30.5 Å². The lowest BCUT2D eigenvalue weighted by Gasteiger charge is -2.13. The van der Waals surface area contributed by atoms with Gasteiger partial charge in [0.1, 0.15) is 5.75 Å². The number of carbonyl (C=O) groups excluding carboxylic acids is 1. The Hall–Kier alpha value is -2.33. The highest BCUT2D eigenvalue weighted by molar-refractivity contribution is 5.81. The molecule has 0 radical (unpaired) electrons. The van der Waals surface area contributed by atoms with E-state index in [1.807, 2.05) is 31.2 Å². The van der Waals surface area contributed by atoms with E-state index in [1.165, 1.54) is 0 Å². The second-order valence-corrected chi connectivity index (χ2v) is 5.17. The summed E-state index contributed by atoms with van der Waals surface area (Å²) in [4.78, 5) is 12.0. The minimum Gasteiger partial charge on any atom is -0.496 e. The van der Waals surface area contributed by atoms with Crippen molar-refractivity contribution in [3.8, 4) is 5.75 Å². The highest BCUT2D eigenvalue weighted by atomic mass is 16.5. The minimum absolute atomic E-state index is 0.391. The van der Waals surface area contributed by atoms with Crippen molar-refractivity contribution < 1.29 is 14.6 Å². The van der Waals surface area contributed by atoms with E-state index in [0.29, 0.717) is 18.5 Å². The first-order valence-electron chi connectivity index (χ1n) is 7.26. The Balaban J connectivity index is 1.91. The fourth-order valence-corrected chi connectivity index (χ4v) is 2.31. The van der Waals surface area contributed by atoms with Crippen molar-refractivity contribution >= 4 is 5.91 Å². The summed E-state index contributed by atoms with van der Waals surface area (Å²) in [7, 11) is 1.63. The molecule has 1 amide bonds. The second-order valence-electron chi connectivity index (χ2n) is 5.17. The Labute approximate surface area is 130 Å². The third-order valence-electron chi connectivity index (χ3n) is 3.49. The molecule has 0 saturated heterocycles. The Morgan fingerprint density at radius 2 is 1.95 bits per heavy atom. The van der Waals surface area contributed by atoms with E-state index in [2.05, 4.69) is 5.32 Å². The maximum Gasteiger partial charge on any atom is 0.253 e. The van der Waals surface area contributed by atoms with Crippen LogP contribution in [0, 0.1) is 6.92 Å². The van der Waals surface area contributed by atoms with Gasteiger partial charge in [0.05, 0.1) is 7.11 Å². The molecule has 0 bridgehead atoms. The van der Waals surface area contributed by atoms with E-state index >= 15 is 0 Å². The third kappa shape index (κ3) is 4.09. The maximum absolute atomic E-state index is 12.0. The van der Waals surface area contributed by atoms with Gasteiger partial charge in [-0.15, -0.1) is 0 Å². The number of aryl methyl sites for hydroxylation is 1. The number of ether oxygens (including phenoxy) is 1. The number of nitrogens with one attached hydrogen (secondary N) is 1. The number of methoxy groups -OCH3 is 1. The van der Waals surface area contributed by atoms with Crippen LogP contribution in [0.4, 0.5) is 0 Å². The van der Waals surface area contributed by atoms with Crippen LogP contribution in [-0.2, 0) is 11.2 Å². The van der Waals surface area contributed by atoms with E-state index in [1.54, 1.807) is 31.4 Å². The molecule has 4 heteroatoms. The van der Waals surface area contributed by atoms with Crippen molar-refractivity contribution in [2.45, 2.75) is 19.4 Å². The Kier molecular flexibility index (Phi) is 5.55. The summed E-state index contributed by atoms with van der Waals surface area (Å²) in [5.41, 5.74) is 2.77. The average Bonchev–Trinajstić information content (AvgIpc) is 2.55.